The molecule has 0 saturated heterocycles. The molecule has 0 aromatic rings. The van der Waals surface area contributed by atoms with Gasteiger partial charge in [0.05, 0.1) is 0 Å². The molecular weight excluding hydrogens is 1040 g/mol. The first kappa shape index (κ1) is 47.4. The molecule has 0 spiro atoms. The molecule has 9 N–H and O–H groups in total. The van der Waals surface area contributed by atoms with Crippen molar-refractivity contribution in [3.8, 4) is 0 Å². The Balaban J connectivity index is -0.0000000377. The first-order chi connectivity index (χ1) is 11.2. The molecule has 0 fully saturated rings. The molecule has 0 bridgehead atoms. The van der Waals surface area contributed by atoms with Crippen LogP contribution < -0.4 is 11.3 Å². The van der Waals surface area contributed by atoms with Crippen molar-refractivity contribution in [2.45, 2.75) is 0 Å². The van der Waals surface area contributed by atoms with E-state index in [4.69, 9.17) is 89.4 Å². The van der Waals surface area contributed by atoms with Crippen molar-refractivity contribution >= 4 is 23.5 Å². The molecule has 0 unspecified atom stereocenters. The third-order valence-corrected chi connectivity index (χ3v) is 0. The molecule has 0 heterocycles. The fraction of sp³-hybridized carbons (Fsp3) is 0. The zero-order valence-electron chi connectivity index (χ0n) is 11.8. The summed E-state index contributed by atoms with van der Waals surface area (Å²) in [5.41, 5.74) is 0. The van der Waals surface area contributed by atoms with Crippen LogP contribution in [0.3, 0.4) is 0 Å². The maximum atomic E-state index is 8.88. The van der Waals surface area contributed by atoms with Crippen LogP contribution >= 0.6 is 23.5 Å². The minimum absolute atomic E-state index is 0. The Bertz CT molecular complexity index is 532. The normalized spacial score (nSPS) is 9.00. The van der Waals surface area contributed by atoms with E-state index in [1.165, 1.54) is 0 Å². The van der Waals surface area contributed by atoms with Crippen LogP contribution in [0.25, 0.3) is 0 Å². The van der Waals surface area contributed by atoms with Crippen molar-refractivity contribution in [1.82, 2.24) is 0 Å². The van der Waals surface area contributed by atoms with Crippen LogP contribution in [0.15, 0.2) is 0 Å². The van der Waals surface area contributed by atoms with Gasteiger partial charge in [0.25, 0.3) is 0 Å². The fourth-order valence-electron chi connectivity index (χ4n) is 0. The Kier molecular flexibility index (Phi) is 45.1. The van der Waals surface area contributed by atoms with Crippen molar-refractivity contribution in [1.29, 1.82) is 0 Å². The van der Waals surface area contributed by atoms with E-state index in [0.717, 1.165) is 0 Å². The topological polar surface area (TPSA) is 405 Å². The number of hydrogen-bond donors (Lipinski definition) is 9. The molecule has 28 heavy (non-hydrogen) atoms. The predicted molar refractivity (Wildman–Crippen MR) is 46.9 cm³/mol. The van der Waals surface area contributed by atoms with E-state index >= 15 is 0 Å². The first-order valence-electron chi connectivity index (χ1n) is 3.85. The summed E-state index contributed by atoms with van der Waals surface area (Å²) in [6.45, 7) is 0. The fourth-order valence-corrected chi connectivity index (χ4v) is 0. The van der Waals surface area contributed by atoms with Crippen molar-refractivity contribution < 1.29 is 159 Å². The summed E-state index contributed by atoms with van der Waals surface area (Å²) in [6, 6.07) is 0. The molecule has 0 amide bonds. The second-order valence-corrected chi connectivity index (χ2v) is 9.63. The molecule has 0 atom stereocenters. The SMILES string of the molecule is O=P(O)(O)O.O=P(O)(O)O.O=P(O)(O)O.[Fe+3].[O]=[W](=[O])[O-].[O]=[W](=[O])[O-].[O]=[W](=[O])[O-]. The van der Waals surface area contributed by atoms with Crippen LogP contribution in [0.1, 0.15) is 0 Å². The van der Waals surface area contributed by atoms with Gasteiger partial charge in [-0.25, -0.2) is 13.7 Å². The van der Waals surface area contributed by atoms with Crippen LogP contribution in [-0.4, -0.2) is 44.0 Å². The van der Waals surface area contributed by atoms with Gasteiger partial charge in [-0.1, -0.05) is 0 Å². The van der Waals surface area contributed by atoms with E-state index < -0.39 is 76.3 Å². The Labute approximate surface area is 181 Å². The quantitative estimate of drug-likeness (QED) is 0.0804. The average Bonchev–Trinajstić information content (AvgIpc) is 2.01. The summed E-state index contributed by atoms with van der Waals surface area (Å²) in [6.07, 6.45) is 0. The van der Waals surface area contributed by atoms with E-state index in [-0.39, 0.29) is 17.1 Å². The zero-order valence-corrected chi connectivity index (χ0v) is 24.4. The van der Waals surface area contributed by atoms with Gasteiger partial charge in [-0.05, 0) is 0 Å². The average molecular weight is 1050 g/mol. The molecule has 0 saturated carbocycles. The second-order valence-electron chi connectivity index (χ2n) is 2.15. The van der Waals surface area contributed by atoms with E-state index in [9.17, 15) is 0 Å². The van der Waals surface area contributed by atoms with Gasteiger partial charge in [0.15, 0.2) is 0 Å². The van der Waals surface area contributed by atoms with Crippen LogP contribution in [0.4, 0.5) is 0 Å². The van der Waals surface area contributed by atoms with Crippen molar-refractivity contribution in [2.24, 2.45) is 0 Å². The molecule has 0 aliphatic heterocycles. The number of phosphoric acid groups is 3. The molecule has 0 aromatic heterocycles. The number of rotatable bonds is 0. The predicted octanol–water partition coefficient (Wildman–Crippen LogP) is -7.08. The second kappa shape index (κ2) is 26.6. The van der Waals surface area contributed by atoms with Gasteiger partial charge in [-0.2, -0.15) is 0 Å². The summed E-state index contributed by atoms with van der Waals surface area (Å²) < 4.78 is 104. The number of hydrogen-bond acceptors (Lipinski definition) is 12. The monoisotopic (exact) mass is 1050 g/mol. The molecule has 176 valence electrons. The molecular formula is H9FeO21P3W3. The van der Waals surface area contributed by atoms with Gasteiger partial charge in [0.2, 0.25) is 0 Å². The molecule has 1 radical (unpaired) electrons. The minimum atomic E-state index is -4.64. The molecule has 21 nitrogen and oxygen atoms in total. The van der Waals surface area contributed by atoms with Crippen LogP contribution in [0.5, 0.6) is 0 Å². The van der Waals surface area contributed by atoms with Gasteiger partial charge < -0.3 is 44.0 Å². The summed E-state index contributed by atoms with van der Waals surface area (Å²) in [7, 11) is -13.9. The summed E-state index contributed by atoms with van der Waals surface area (Å²) in [5, 5.41) is 0. The van der Waals surface area contributed by atoms with Gasteiger partial charge >= 0.3 is 125 Å². The maximum absolute atomic E-state index is 8.88. The molecule has 0 aromatic carbocycles. The third-order valence-electron chi connectivity index (χ3n) is 0. The summed E-state index contributed by atoms with van der Waals surface area (Å²) >= 11 is -12.8. The van der Waals surface area contributed by atoms with Crippen LogP contribution in [0.2, 0.25) is 0 Å². The Morgan fingerprint density at radius 2 is 0.429 bits per heavy atom. The molecule has 0 aliphatic rings. The van der Waals surface area contributed by atoms with Gasteiger partial charge in [0.1, 0.15) is 0 Å². The molecule has 28 heteroatoms. The van der Waals surface area contributed by atoms with Crippen molar-refractivity contribution in [3.63, 3.8) is 0 Å². The van der Waals surface area contributed by atoms with Crippen molar-refractivity contribution in [3.05, 3.63) is 0 Å². The van der Waals surface area contributed by atoms with Gasteiger partial charge in [0, 0.05) is 0 Å². The zero-order chi connectivity index (χ0) is 24.2. The first-order valence-corrected chi connectivity index (χ1v) is 19.3. The van der Waals surface area contributed by atoms with E-state index in [2.05, 4.69) is 0 Å². The summed E-state index contributed by atoms with van der Waals surface area (Å²) in [5.74, 6) is 0. The Hall–Kier alpha value is 1.59. The standard InChI is InChI=1S/Fe.3H3O4P.9O.3W/c;3*1-5(2,3)4;;;;;;;;;;;;/h;3*(H3,1,2,3,4);;;;;;;;;;;;/q+3;;;;;;;;;;3*-1;;;. The van der Waals surface area contributed by atoms with Gasteiger partial charge in [-0.15, -0.1) is 0 Å². The Morgan fingerprint density at radius 1 is 0.429 bits per heavy atom. The molecule has 0 aliphatic carbocycles. The van der Waals surface area contributed by atoms with E-state index in [0.29, 0.717) is 0 Å². The third kappa shape index (κ3) is 7680. The van der Waals surface area contributed by atoms with Crippen LogP contribution in [-0.2, 0) is 104 Å². The van der Waals surface area contributed by atoms with Crippen LogP contribution in [0, 0.1) is 0 Å². The van der Waals surface area contributed by atoms with E-state index in [1.54, 1.807) is 0 Å². The summed E-state index contributed by atoms with van der Waals surface area (Å²) in [4.78, 5) is 64.7. The Morgan fingerprint density at radius 3 is 0.429 bits per heavy atom. The van der Waals surface area contributed by atoms with E-state index in [1.807, 2.05) is 0 Å². The van der Waals surface area contributed by atoms with Crippen molar-refractivity contribution in [2.75, 3.05) is 0 Å². The molecule has 0 rings (SSSR count). The van der Waals surface area contributed by atoms with Gasteiger partial charge in [-0.3, -0.25) is 0 Å².